The number of carboxylic acid groups (broad SMARTS) is 1. The van der Waals surface area contributed by atoms with E-state index in [1.165, 1.54) is 0 Å². The summed E-state index contributed by atoms with van der Waals surface area (Å²) in [6.45, 7) is 3.60. The molecule has 1 unspecified atom stereocenters. The van der Waals surface area contributed by atoms with Crippen molar-refractivity contribution in [1.82, 2.24) is 15.6 Å². The first-order chi connectivity index (χ1) is 9.40. The van der Waals surface area contributed by atoms with Crippen molar-refractivity contribution in [2.75, 3.05) is 6.54 Å². The maximum absolute atomic E-state index is 12.1. The SMILES string of the molecule is Cc1[nH]c(C(=O)O)c(C)c1C(=O)NCC1CCC(=O)N1. The highest BCUT2D eigenvalue weighted by molar-refractivity contribution is 6.00. The minimum absolute atomic E-state index is 0.00795. The van der Waals surface area contributed by atoms with Crippen molar-refractivity contribution in [1.29, 1.82) is 0 Å². The van der Waals surface area contributed by atoms with E-state index >= 15 is 0 Å². The molecule has 1 aromatic rings. The molecule has 1 aromatic heterocycles. The van der Waals surface area contributed by atoms with Gasteiger partial charge in [0.2, 0.25) is 5.91 Å². The average molecular weight is 279 g/mol. The number of hydrogen-bond donors (Lipinski definition) is 4. The van der Waals surface area contributed by atoms with Crippen molar-refractivity contribution >= 4 is 17.8 Å². The second-order valence-electron chi connectivity index (χ2n) is 4.94. The fourth-order valence-corrected chi connectivity index (χ4v) is 2.44. The van der Waals surface area contributed by atoms with Crippen LogP contribution in [-0.4, -0.2) is 40.5 Å². The van der Waals surface area contributed by atoms with Crippen molar-refractivity contribution in [3.05, 3.63) is 22.5 Å². The first-order valence-electron chi connectivity index (χ1n) is 6.40. The average Bonchev–Trinajstić information content (AvgIpc) is 2.91. The van der Waals surface area contributed by atoms with Crippen molar-refractivity contribution < 1.29 is 19.5 Å². The third-order valence-corrected chi connectivity index (χ3v) is 3.47. The lowest BCUT2D eigenvalue weighted by Crippen LogP contribution is -2.38. The quantitative estimate of drug-likeness (QED) is 0.636. The number of carbonyl (C=O) groups excluding carboxylic acids is 2. The van der Waals surface area contributed by atoms with E-state index in [4.69, 9.17) is 5.11 Å². The molecule has 1 saturated heterocycles. The first-order valence-corrected chi connectivity index (χ1v) is 6.40. The minimum Gasteiger partial charge on any atom is -0.477 e. The van der Waals surface area contributed by atoms with Crippen LogP contribution in [0.4, 0.5) is 0 Å². The van der Waals surface area contributed by atoms with Gasteiger partial charge in [0.05, 0.1) is 5.56 Å². The van der Waals surface area contributed by atoms with Crippen LogP contribution in [0, 0.1) is 13.8 Å². The predicted octanol–water partition coefficient (Wildman–Crippen LogP) is 0.338. The Labute approximate surface area is 115 Å². The normalized spacial score (nSPS) is 17.9. The zero-order valence-electron chi connectivity index (χ0n) is 11.4. The Bertz CT molecular complexity index is 576. The largest absolute Gasteiger partial charge is 0.477 e. The Hall–Kier alpha value is -2.31. The Morgan fingerprint density at radius 2 is 2.10 bits per heavy atom. The van der Waals surface area contributed by atoms with E-state index in [-0.39, 0.29) is 23.6 Å². The van der Waals surface area contributed by atoms with Crippen LogP contribution in [0.5, 0.6) is 0 Å². The van der Waals surface area contributed by atoms with Gasteiger partial charge in [0.1, 0.15) is 5.69 Å². The summed E-state index contributed by atoms with van der Waals surface area (Å²) in [5, 5.41) is 14.5. The number of aromatic amines is 1. The van der Waals surface area contributed by atoms with Gasteiger partial charge in [-0.2, -0.15) is 0 Å². The highest BCUT2D eigenvalue weighted by Crippen LogP contribution is 2.18. The van der Waals surface area contributed by atoms with Gasteiger partial charge in [0, 0.05) is 24.7 Å². The molecule has 1 aliphatic rings. The smallest absolute Gasteiger partial charge is 0.352 e. The maximum atomic E-state index is 12.1. The van der Waals surface area contributed by atoms with Crippen LogP contribution in [0.3, 0.4) is 0 Å². The lowest BCUT2D eigenvalue weighted by atomic mass is 10.1. The fourth-order valence-electron chi connectivity index (χ4n) is 2.44. The molecular weight excluding hydrogens is 262 g/mol. The number of aryl methyl sites for hydroxylation is 1. The zero-order valence-corrected chi connectivity index (χ0v) is 11.4. The summed E-state index contributed by atoms with van der Waals surface area (Å²) >= 11 is 0. The molecule has 4 N–H and O–H groups in total. The molecule has 2 heterocycles. The van der Waals surface area contributed by atoms with Gasteiger partial charge in [-0.3, -0.25) is 9.59 Å². The summed E-state index contributed by atoms with van der Waals surface area (Å²) in [6.07, 6.45) is 1.18. The van der Waals surface area contributed by atoms with Crippen molar-refractivity contribution in [2.45, 2.75) is 32.7 Å². The van der Waals surface area contributed by atoms with Crippen molar-refractivity contribution in [3.63, 3.8) is 0 Å². The predicted molar refractivity (Wildman–Crippen MR) is 70.7 cm³/mol. The first kappa shape index (κ1) is 14.1. The van der Waals surface area contributed by atoms with Gasteiger partial charge in [0.25, 0.3) is 5.91 Å². The molecule has 7 heteroatoms. The van der Waals surface area contributed by atoms with Crippen LogP contribution in [-0.2, 0) is 4.79 Å². The molecule has 0 aromatic carbocycles. The Morgan fingerprint density at radius 3 is 2.60 bits per heavy atom. The number of H-pyrrole nitrogens is 1. The summed E-state index contributed by atoms with van der Waals surface area (Å²) in [6, 6.07) is -0.0510. The number of aromatic nitrogens is 1. The molecule has 0 aliphatic carbocycles. The molecule has 1 fully saturated rings. The Balaban J connectivity index is 2.06. The Morgan fingerprint density at radius 1 is 1.40 bits per heavy atom. The van der Waals surface area contributed by atoms with E-state index in [1.54, 1.807) is 13.8 Å². The van der Waals surface area contributed by atoms with E-state index in [0.717, 1.165) is 0 Å². The van der Waals surface area contributed by atoms with E-state index in [9.17, 15) is 14.4 Å². The standard InChI is InChI=1S/C13H17N3O4/c1-6-10(7(2)15-11(6)13(19)20)12(18)14-5-8-3-4-9(17)16-8/h8,15H,3-5H2,1-2H3,(H,14,18)(H,16,17)(H,19,20). The highest BCUT2D eigenvalue weighted by atomic mass is 16.4. The molecule has 0 radical (unpaired) electrons. The monoisotopic (exact) mass is 279 g/mol. The number of rotatable bonds is 4. The Kier molecular flexibility index (Phi) is 3.78. The van der Waals surface area contributed by atoms with Crippen LogP contribution in [0.1, 0.15) is 44.9 Å². The molecule has 1 aliphatic heterocycles. The van der Waals surface area contributed by atoms with Gasteiger partial charge in [-0.25, -0.2) is 4.79 Å². The van der Waals surface area contributed by atoms with Crippen LogP contribution in [0.25, 0.3) is 0 Å². The second-order valence-corrected chi connectivity index (χ2v) is 4.94. The summed E-state index contributed by atoms with van der Waals surface area (Å²) in [4.78, 5) is 36.9. The number of carbonyl (C=O) groups is 3. The molecular formula is C13H17N3O4. The van der Waals surface area contributed by atoms with Gasteiger partial charge in [0.15, 0.2) is 0 Å². The number of amides is 2. The molecule has 0 spiro atoms. The van der Waals surface area contributed by atoms with E-state index in [2.05, 4.69) is 15.6 Å². The van der Waals surface area contributed by atoms with E-state index in [0.29, 0.717) is 36.2 Å². The summed E-state index contributed by atoms with van der Waals surface area (Å²) in [5.41, 5.74) is 1.32. The molecule has 0 saturated carbocycles. The van der Waals surface area contributed by atoms with Crippen LogP contribution >= 0.6 is 0 Å². The molecule has 0 bridgehead atoms. The number of nitrogens with one attached hydrogen (secondary N) is 3. The lowest BCUT2D eigenvalue weighted by Gasteiger charge is -2.11. The molecule has 108 valence electrons. The molecule has 2 rings (SSSR count). The summed E-state index contributed by atoms with van der Waals surface area (Å²) in [5.74, 6) is -1.43. The van der Waals surface area contributed by atoms with Crippen molar-refractivity contribution in [3.8, 4) is 0 Å². The molecule has 7 nitrogen and oxygen atoms in total. The van der Waals surface area contributed by atoms with Crippen LogP contribution in [0.2, 0.25) is 0 Å². The summed E-state index contributed by atoms with van der Waals surface area (Å²) in [7, 11) is 0. The second kappa shape index (κ2) is 5.36. The third-order valence-electron chi connectivity index (χ3n) is 3.47. The van der Waals surface area contributed by atoms with Gasteiger partial charge in [-0.15, -0.1) is 0 Å². The van der Waals surface area contributed by atoms with Gasteiger partial charge < -0.3 is 20.7 Å². The number of aromatic carboxylic acids is 1. The highest BCUT2D eigenvalue weighted by Gasteiger charge is 2.24. The topological polar surface area (TPSA) is 111 Å². The fraction of sp³-hybridized carbons (Fsp3) is 0.462. The van der Waals surface area contributed by atoms with Crippen LogP contribution in [0.15, 0.2) is 0 Å². The summed E-state index contributed by atoms with van der Waals surface area (Å²) < 4.78 is 0. The third kappa shape index (κ3) is 2.66. The number of carboxylic acids is 1. The van der Waals surface area contributed by atoms with Gasteiger partial charge >= 0.3 is 5.97 Å². The van der Waals surface area contributed by atoms with E-state index < -0.39 is 5.97 Å². The molecule has 2 amide bonds. The lowest BCUT2D eigenvalue weighted by molar-refractivity contribution is -0.119. The maximum Gasteiger partial charge on any atom is 0.352 e. The number of hydrogen-bond acceptors (Lipinski definition) is 3. The van der Waals surface area contributed by atoms with Gasteiger partial charge in [-0.05, 0) is 25.8 Å². The van der Waals surface area contributed by atoms with E-state index in [1.807, 2.05) is 0 Å². The molecule has 1 atom stereocenters. The minimum atomic E-state index is -1.09. The van der Waals surface area contributed by atoms with Crippen molar-refractivity contribution in [2.24, 2.45) is 0 Å². The van der Waals surface area contributed by atoms with Gasteiger partial charge in [-0.1, -0.05) is 0 Å². The molecule has 20 heavy (non-hydrogen) atoms. The van der Waals surface area contributed by atoms with Crippen LogP contribution < -0.4 is 10.6 Å². The zero-order chi connectivity index (χ0) is 14.9.